The van der Waals surface area contributed by atoms with Crippen LogP contribution in [0.1, 0.15) is 18.5 Å². The molecule has 1 aliphatic heterocycles. The van der Waals surface area contributed by atoms with Crippen LogP contribution in [0.4, 0.5) is 0 Å². The van der Waals surface area contributed by atoms with Crippen molar-refractivity contribution < 1.29 is 12.8 Å². The molecular formula is C14H18N4O3S. The van der Waals surface area contributed by atoms with E-state index in [-0.39, 0.29) is 5.92 Å². The summed E-state index contributed by atoms with van der Waals surface area (Å²) in [5.74, 6) is 0.727. The van der Waals surface area contributed by atoms with E-state index in [0.29, 0.717) is 24.7 Å². The Morgan fingerprint density at radius 1 is 1.32 bits per heavy atom. The molecule has 2 aromatic heterocycles. The van der Waals surface area contributed by atoms with Crippen molar-refractivity contribution in [3.63, 3.8) is 0 Å². The van der Waals surface area contributed by atoms with Crippen LogP contribution in [-0.4, -0.2) is 47.0 Å². The first-order chi connectivity index (χ1) is 10.5. The van der Waals surface area contributed by atoms with Crippen LogP contribution >= 0.6 is 0 Å². The third-order valence-corrected chi connectivity index (χ3v) is 5.07. The molecule has 0 aliphatic carbocycles. The first kappa shape index (κ1) is 15.1. The first-order valence-corrected chi connectivity index (χ1v) is 9.03. The van der Waals surface area contributed by atoms with E-state index in [1.54, 1.807) is 22.9 Å². The SMILES string of the molecule is CS(=O)(=O)N1CCCC(Cc2cnc(-c3ncco3)cn2)C1. The van der Waals surface area contributed by atoms with Crippen LogP contribution in [-0.2, 0) is 16.4 Å². The lowest BCUT2D eigenvalue weighted by molar-refractivity contribution is 0.265. The number of sulfonamides is 1. The smallest absolute Gasteiger partial charge is 0.246 e. The Hall–Kier alpha value is -1.80. The van der Waals surface area contributed by atoms with Crippen LogP contribution in [0.5, 0.6) is 0 Å². The summed E-state index contributed by atoms with van der Waals surface area (Å²) in [6, 6.07) is 0. The second kappa shape index (κ2) is 6.13. The second-order valence-corrected chi connectivity index (χ2v) is 7.55. The highest BCUT2D eigenvalue weighted by Crippen LogP contribution is 2.22. The maximum Gasteiger partial charge on any atom is 0.246 e. The predicted molar refractivity (Wildman–Crippen MR) is 80.4 cm³/mol. The van der Waals surface area contributed by atoms with Crippen molar-refractivity contribution in [1.29, 1.82) is 0 Å². The number of hydrogen-bond donors (Lipinski definition) is 0. The largest absolute Gasteiger partial charge is 0.443 e. The summed E-state index contributed by atoms with van der Waals surface area (Å²) >= 11 is 0. The standard InChI is InChI=1S/C14H18N4O3S/c1-22(19,20)18-5-2-3-11(10-18)7-12-8-17-13(9-16-12)14-15-4-6-21-14/h4,6,8-9,11H,2-3,5,7,10H2,1H3. The Labute approximate surface area is 129 Å². The number of aromatic nitrogens is 3. The van der Waals surface area contributed by atoms with Crippen LogP contribution in [0.25, 0.3) is 11.6 Å². The van der Waals surface area contributed by atoms with E-state index in [1.807, 2.05) is 0 Å². The minimum absolute atomic E-state index is 0.283. The Morgan fingerprint density at radius 3 is 2.82 bits per heavy atom. The molecule has 2 aromatic rings. The van der Waals surface area contributed by atoms with Crippen LogP contribution in [0, 0.1) is 5.92 Å². The van der Waals surface area contributed by atoms with Crippen LogP contribution in [0.2, 0.25) is 0 Å². The van der Waals surface area contributed by atoms with Gasteiger partial charge in [-0.05, 0) is 25.2 Å². The topological polar surface area (TPSA) is 89.2 Å². The maximum atomic E-state index is 11.6. The molecule has 8 heteroatoms. The quantitative estimate of drug-likeness (QED) is 0.844. The molecule has 7 nitrogen and oxygen atoms in total. The van der Waals surface area contributed by atoms with Crippen molar-refractivity contribution in [1.82, 2.24) is 19.3 Å². The van der Waals surface area contributed by atoms with Crippen molar-refractivity contribution in [2.45, 2.75) is 19.3 Å². The Bertz CT molecular complexity index is 713. The fourth-order valence-corrected chi connectivity index (χ4v) is 3.65. The molecule has 0 bridgehead atoms. The van der Waals surface area contributed by atoms with Gasteiger partial charge in [-0.15, -0.1) is 0 Å². The molecule has 0 N–H and O–H groups in total. The van der Waals surface area contributed by atoms with E-state index in [0.717, 1.165) is 25.0 Å². The van der Waals surface area contributed by atoms with Gasteiger partial charge in [-0.3, -0.25) is 4.98 Å². The highest BCUT2D eigenvalue weighted by molar-refractivity contribution is 7.88. The van der Waals surface area contributed by atoms with Gasteiger partial charge < -0.3 is 4.42 Å². The number of oxazole rings is 1. The number of nitrogens with zero attached hydrogens (tertiary/aromatic N) is 4. The molecule has 3 heterocycles. The zero-order chi connectivity index (χ0) is 15.6. The molecule has 1 unspecified atom stereocenters. The van der Waals surface area contributed by atoms with Gasteiger partial charge in [0.1, 0.15) is 12.0 Å². The van der Waals surface area contributed by atoms with Crippen molar-refractivity contribution in [2.75, 3.05) is 19.3 Å². The highest BCUT2D eigenvalue weighted by atomic mass is 32.2. The maximum absolute atomic E-state index is 11.6. The molecule has 0 radical (unpaired) electrons. The van der Waals surface area contributed by atoms with Gasteiger partial charge in [0.25, 0.3) is 0 Å². The number of piperidine rings is 1. The molecular weight excluding hydrogens is 304 g/mol. The lowest BCUT2D eigenvalue weighted by Gasteiger charge is -2.30. The summed E-state index contributed by atoms with van der Waals surface area (Å²) < 4.78 is 30.0. The third kappa shape index (κ3) is 3.50. The number of rotatable bonds is 4. The monoisotopic (exact) mass is 322 g/mol. The Morgan fingerprint density at radius 2 is 2.18 bits per heavy atom. The summed E-state index contributed by atoms with van der Waals surface area (Å²) in [6.07, 6.45) is 10.3. The molecule has 1 fully saturated rings. The van der Waals surface area contributed by atoms with Crippen LogP contribution < -0.4 is 0 Å². The van der Waals surface area contributed by atoms with E-state index in [4.69, 9.17) is 4.42 Å². The van der Waals surface area contributed by atoms with Gasteiger partial charge in [0.05, 0.1) is 24.3 Å². The Kier molecular flexibility index (Phi) is 4.21. The molecule has 0 saturated carbocycles. The second-order valence-electron chi connectivity index (χ2n) is 5.56. The van der Waals surface area contributed by atoms with Gasteiger partial charge in [-0.2, -0.15) is 0 Å². The third-order valence-electron chi connectivity index (χ3n) is 3.81. The van der Waals surface area contributed by atoms with E-state index in [9.17, 15) is 8.42 Å². The van der Waals surface area contributed by atoms with E-state index in [2.05, 4.69) is 15.0 Å². The summed E-state index contributed by atoms with van der Waals surface area (Å²) in [6.45, 7) is 1.17. The van der Waals surface area contributed by atoms with E-state index >= 15 is 0 Å². The van der Waals surface area contributed by atoms with Crippen LogP contribution in [0.3, 0.4) is 0 Å². The van der Waals surface area contributed by atoms with Gasteiger partial charge in [0, 0.05) is 19.3 Å². The molecule has 0 spiro atoms. The summed E-state index contributed by atoms with van der Waals surface area (Å²) in [5.41, 5.74) is 1.45. The molecule has 0 aromatic carbocycles. The summed E-state index contributed by atoms with van der Waals surface area (Å²) in [7, 11) is -3.11. The minimum atomic E-state index is -3.11. The average molecular weight is 322 g/mol. The first-order valence-electron chi connectivity index (χ1n) is 7.18. The molecule has 1 atom stereocenters. The van der Waals surface area contributed by atoms with Crippen molar-refractivity contribution >= 4 is 10.0 Å². The fraction of sp³-hybridized carbons (Fsp3) is 0.500. The average Bonchev–Trinajstić information content (AvgIpc) is 3.02. The normalized spacial score (nSPS) is 20.1. The zero-order valence-corrected chi connectivity index (χ0v) is 13.2. The number of hydrogen-bond acceptors (Lipinski definition) is 6. The van der Waals surface area contributed by atoms with Gasteiger partial charge in [0.15, 0.2) is 0 Å². The van der Waals surface area contributed by atoms with Crippen LogP contribution in [0.15, 0.2) is 29.3 Å². The summed E-state index contributed by atoms with van der Waals surface area (Å²) in [4.78, 5) is 12.7. The minimum Gasteiger partial charge on any atom is -0.443 e. The van der Waals surface area contributed by atoms with E-state index < -0.39 is 10.0 Å². The van der Waals surface area contributed by atoms with Crippen molar-refractivity contribution in [2.24, 2.45) is 5.92 Å². The van der Waals surface area contributed by atoms with Crippen molar-refractivity contribution in [3.8, 4) is 11.6 Å². The molecule has 22 heavy (non-hydrogen) atoms. The molecule has 1 aliphatic rings. The van der Waals surface area contributed by atoms with Gasteiger partial charge in [-0.1, -0.05) is 0 Å². The lowest BCUT2D eigenvalue weighted by atomic mass is 9.95. The van der Waals surface area contributed by atoms with Gasteiger partial charge in [-0.25, -0.2) is 22.7 Å². The lowest BCUT2D eigenvalue weighted by Crippen LogP contribution is -2.39. The van der Waals surface area contributed by atoms with E-state index in [1.165, 1.54) is 12.5 Å². The molecule has 3 rings (SSSR count). The molecule has 118 valence electrons. The molecule has 1 saturated heterocycles. The zero-order valence-electron chi connectivity index (χ0n) is 12.3. The Balaban J connectivity index is 1.66. The predicted octanol–water partition coefficient (Wildman–Crippen LogP) is 1.35. The highest BCUT2D eigenvalue weighted by Gasteiger charge is 2.26. The van der Waals surface area contributed by atoms with Crippen molar-refractivity contribution in [3.05, 3.63) is 30.5 Å². The fourth-order valence-electron chi connectivity index (χ4n) is 2.71. The molecule has 0 amide bonds. The summed E-state index contributed by atoms with van der Waals surface area (Å²) in [5, 5.41) is 0. The van der Waals surface area contributed by atoms with Gasteiger partial charge in [0.2, 0.25) is 15.9 Å². The van der Waals surface area contributed by atoms with Gasteiger partial charge >= 0.3 is 0 Å².